The molecule has 6 heteroatoms. The molecule has 0 unspecified atom stereocenters. The molecular weight excluding hydrogens is 306 g/mol. The van der Waals surface area contributed by atoms with Gasteiger partial charge < -0.3 is 14.1 Å². The fourth-order valence-corrected chi connectivity index (χ4v) is 2.41. The maximum atomic E-state index is 11.5. The molecule has 3 rings (SSSR count). The number of hydrogen-bond donors (Lipinski definition) is 0. The van der Waals surface area contributed by atoms with Gasteiger partial charge in [0.1, 0.15) is 5.75 Å². The Balaban J connectivity index is 1.80. The van der Waals surface area contributed by atoms with Gasteiger partial charge >= 0.3 is 0 Å². The Hall–Kier alpha value is -3.15. The first-order valence-corrected chi connectivity index (χ1v) is 7.45. The minimum absolute atomic E-state index is 0.438. The van der Waals surface area contributed by atoms with Crippen LogP contribution in [0, 0.1) is 6.92 Å². The molecule has 0 spiro atoms. The largest absolute Gasteiger partial charge is 0.495 e. The number of ether oxygens (including phenoxy) is 1. The fourth-order valence-electron chi connectivity index (χ4n) is 2.41. The molecule has 1 heterocycles. The predicted octanol–water partition coefficient (Wildman–Crippen LogP) is 3.22. The summed E-state index contributed by atoms with van der Waals surface area (Å²) in [6.07, 6.45) is 0.799. The van der Waals surface area contributed by atoms with Crippen LogP contribution in [0.2, 0.25) is 0 Å². The molecule has 122 valence electrons. The number of aryl methyl sites for hydroxylation is 1. The van der Waals surface area contributed by atoms with Crippen LogP contribution in [0.5, 0.6) is 5.75 Å². The van der Waals surface area contributed by atoms with Gasteiger partial charge in [0.05, 0.1) is 19.3 Å². The number of methoxy groups -OCH3 is 1. The van der Waals surface area contributed by atoms with E-state index >= 15 is 0 Å². The first-order chi connectivity index (χ1) is 11.7. The molecule has 0 aliphatic rings. The third-order valence-electron chi connectivity index (χ3n) is 3.60. The summed E-state index contributed by atoms with van der Waals surface area (Å²) in [4.78, 5) is 13.1. The third-order valence-corrected chi connectivity index (χ3v) is 3.60. The van der Waals surface area contributed by atoms with Crippen molar-refractivity contribution in [2.45, 2.75) is 13.5 Å². The van der Waals surface area contributed by atoms with E-state index in [0.717, 1.165) is 23.2 Å². The van der Waals surface area contributed by atoms with E-state index in [4.69, 9.17) is 9.15 Å². The average molecular weight is 323 g/mol. The zero-order chi connectivity index (χ0) is 16.9. The lowest BCUT2D eigenvalue weighted by molar-refractivity contribution is -0.107. The molecule has 0 aliphatic carbocycles. The van der Waals surface area contributed by atoms with Crippen LogP contribution in [0.25, 0.3) is 11.5 Å². The number of benzene rings is 2. The number of hydrogen-bond acceptors (Lipinski definition) is 5. The Kier molecular flexibility index (Phi) is 4.56. The van der Waals surface area contributed by atoms with Gasteiger partial charge in [-0.15, -0.1) is 10.2 Å². The molecule has 0 bridgehead atoms. The Morgan fingerprint density at radius 3 is 2.50 bits per heavy atom. The SMILES string of the molecule is COc1ccccc1N(C=O)Cc1ccc(-c2nnc(C)o2)cc1. The number of nitrogens with zero attached hydrogens (tertiary/aromatic N) is 3. The monoisotopic (exact) mass is 323 g/mol. The fraction of sp³-hybridized carbons (Fsp3) is 0.167. The van der Waals surface area contributed by atoms with E-state index in [2.05, 4.69) is 10.2 Å². The van der Waals surface area contributed by atoms with E-state index in [1.807, 2.05) is 48.5 Å². The number of amides is 1. The topological polar surface area (TPSA) is 68.5 Å². The number of aromatic nitrogens is 2. The van der Waals surface area contributed by atoms with E-state index in [1.54, 1.807) is 18.9 Å². The summed E-state index contributed by atoms with van der Waals surface area (Å²) in [6, 6.07) is 15.1. The lowest BCUT2D eigenvalue weighted by Crippen LogP contribution is -2.20. The first kappa shape index (κ1) is 15.7. The molecule has 0 saturated carbocycles. The molecular formula is C18H17N3O3. The van der Waals surface area contributed by atoms with Gasteiger partial charge in [-0.25, -0.2) is 0 Å². The van der Waals surface area contributed by atoms with Crippen molar-refractivity contribution in [1.29, 1.82) is 0 Å². The van der Waals surface area contributed by atoms with Gasteiger partial charge in [-0.1, -0.05) is 24.3 Å². The Bertz CT molecular complexity index is 828. The molecule has 0 aliphatic heterocycles. The summed E-state index contributed by atoms with van der Waals surface area (Å²) in [5.74, 6) is 1.66. The second-order valence-electron chi connectivity index (χ2n) is 5.23. The second-order valence-corrected chi connectivity index (χ2v) is 5.23. The lowest BCUT2D eigenvalue weighted by atomic mass is 10.1. The quantitative estimate of drug-likeness (QED) is 0.652. The molecule has 0 fully saturated rings. The minimum Gasteiger partial charge on any atom is -0.495 e. The van der Waals surface area contributed by atoms with Crippen molar-refractivity contribution < 1.29 is 13.9 Å². The number of carbonyl (C=O) groups is 1. The smallest absolute Gasteiger partial charge is 0.247 e. The van der Waals surface area contributed by atoms with Gasteiger partial charge in [0.25, 0.3) is 0 Å². The lowest BCUT2D eigenvalue weighted by Gasteiger charge is -2.20. The van der Waals surface area contributed by atoms with Gasteiger partial charge in [0.2, 0.25) is 18.2 Å². The molecule has 0 saturated heterocycles. The number of rotatable bonds is 6. The van der Waals surface area contributed by atoms with E-state index in [9.17, 15) is 4.79 Å². The Labute approximate surface area is 139 Å². The highest BCUT2D eigenvalue weighted by molar-refractivity contribution is 5.78. The molecule has 0 atom stereocenters. The van der Waals surface area contributed by atoms with Crippen LogP contribution in [0.1, 0.15) is 11.5 Å². The van der Waals surface area contributed by atoms with Crippen molar-refractivity contribution in [3.8, 4) is 17.2 Å². The van der Waals surface area contributed by atoms with Crippen LogP contribution < -0.4 is 9.64 Å². The minimum atomic E-state index is 0.438. The van der Waals surface area contributed by atoms with E-state index in [0.29, 0.717) is 24.1 Å². The average Bonchev–Trinajstić information content (AvgIpc) is 3.06. The highest BCUT2D eigenvalue weighted by Gasteiger charge is 2.12. The first-order valence-electron chi connectivity index (χ1n) is 7.45. The summed E-state index contributed by atoms with van der Waals surface area (Å²) in [7, 11) is 1.59. The van der Waals surface area contributed by atoms with Crippen LogP contribution in [0.15, 0.2) is 52.9 Å². The van der Waals surface area contributed by atoms with Crippen molar-refractivity contribution in [2.24, 2.45) is 0 Å². The summed E-state index contributed by atoms with van der Waals surface area (Å²) in [6.45, 7) is 2.19. The van der Waals surface area contributed by atoms with E-state index < -0.39 is 0 Å². The van der Waals surface area contributed by atoms with Crippen LogP contribution in [-0.4, -0.2) is 23.7 Å². The highest BCUT2D eigenvalue weighted by atomic mass is 16.5. The third kappa shape index (κ3) is 3.27. The van der Waals surface area contributed by atoms with Gasteiger partial charge in [-0.2, -0.15) is 0 Å². The van der Waals surface area contributed by atoms with Crippen molar-refractivity contribution in [3.05, 3.63) is 60.0 Å². The van der Waals surface area contributed by atoms with Crippen molar-refractivity contribution in [3.63, 3.8) is 0 Å². The zero-order valence-corrected chi connectivity index (χ0v) is 13.5. The molecule has 3 aromatic rings. The molecule has 1 aromatic heterocycles. The maximum Gasteiger partial charge on any atom is 0.247 e. The van der Waals surface area contributed by atoms with Crippen LogP contribution >= 0.6 is 0 Å². The van der Waals surface area contributed by atoms with Crippen molar-refractivity contribution >= 4 is 12.1 Å². The van der Waals surface area contributed by atoms with Gasteiger partial charge in [-0.05, 0) is 29.8 Å². The Morgan fingerprint density at radius 2 is 1.88 bits per heavy atom. The van der Waals surface area contributed by atoms with Gasteiger partial charge in [0.15, 0.2) is 0 Å². The molecule has 0 radical (unpaired) electrons. The van der Waals surface area contributed by atoms with Gasteiger partial charge in [0, 0.05) is 12.5 Å². The predicted molar refractivity (Wildman–Crippen MR) is 89.7 cm³/mol. The zero-order valence-electron chi connectivity index (χ0n) is 13.5. The van der Waals surface area contributed by atoms with Crippen LogP contribution in [-0.2, 0) is 11.3 Å². The summed E-state index contributed by atoms with van der Waals surface area (Å²) >= 11 is 0. The van der Waals surface area contributed by atoms with E-state index in [-0.39, 0.29) is 0 Å². The number of carbonyl (C=O) groups excluding carboxylic acids is 1. The molecule has 0 N–H and O–H groups in total. The number of para-hydroxylation sites is 2. The molecule has 2 aromatic carbocycles. The van der Waals surface area contributed by atoms with Crippen LogP contribution in [0.4, 0.5) is 5.69 Å². The van der Waals surface area contributed by atoms with Crippen LogP contribution in [0.3, 0.4) is 0 Å². The standard InChI is InChI=1S/C18H17N3O3/c1-13-19-20-18(24-13)15-9-7-14(8-10-15)11-21(12-22)16-5-3-4-6-17(16)23-2/h3-10,12H,11H2,1-2H3. The highest BCUT2D eigenvalue weighted by Crippen LogP contribution is 2.28. The van der Waals surface area contributed by atoms with Crippen molar-refractivity contribution in [2.75, 3.05) is 12.0 Å². The maximum absolute atomic E-state index is 11.5. The van der Waals surface area contributed by atoms with Crippen molar-refractivity contribution in [1.82, 2.24) is 10.2 Å². The summed E-state index contributed by atoms with van der Waals surface area (Å²) < 4.78 is 10.7. The second kappa shape index (κ2) is 6.95. The molecule has 24 heavy (non-hydrogen) atoms. The molecule has 6 nitrogen and oxygen atoms in total. The molecule has 1 amide bonds. The Morgan fingerprint density at radius 1 is 1.12 bits per heavy atom. The summed E-state index contributed by atoms with van der Waals surface area (Å²) in [5.41, 5.74) is 2.55. The summed E-state index contributed by atoms with van der Waals surface area (Å²) in [5, 5.41) is 7.81. The van der Waals surface area contributed by atoms with Gasteiger partial charge in [-0.3, -0.25) is 4.79 Å². The number of anilines is 1. The normalized spacial score (nSPS) is 10.4. The van der Waals surface area contributed by atoms with E-state index in [1.165, 1.54) is 0 Å².